The van der Waals surface area contributed by atoms with Crippen LogP contribution in [-0.2, 0) is 0 Å². The monoisotopic (exact) mass is 348 g/mol. The molecule has 2 N–H and O–H groups in total. The van der Waals surface area contributed by atoms with E-state index in [0.717, 1.165) is 16.9 Å². The molecule has 0 atom stereocenters. The van der Waals surface area contributed by atoms with Gasteiger partial charge in [0.25, 0.3) is 11.8 Å². The largest absolute Gasteiger partial charge is 0.355 e. The number of carbonyl (C=O) groups excluding carboxylic acids is 2. The number of benzene rings is 2. The second-order valence-electron chi connectivity index (χ2n) is 5.95. The minimum Gasteiger partial charge on any atom is -0.355 e. The number of hydrogen-bond donors (Lipinski definition) is 2. The highest BCUT2D eigenvalue weighted by atomic mass is 16.2. The van der Waals surface area contributed by atoms with Crippen LogP contribution >= 0.6 is 0 Å². The summed E-state index contributed by atoms with van der Waals surface area (Å²) in [6.07, 6.45) is 1.55. The lowest BCUT2D eigenvalue weighted by Gasteiger charge is -2.10. The molecule has 1 heterocycles. The zero-order valence-electron chi connectivity index (χ0n) is 14.9. The van der Waals surface area contributed by atoms with Crippen molar-refractivity contribution >= 4 is 17.5 Å². The van der Waals surface area contributed by atoms with Crippen LogP contribution in [0.5, 0.6) is 0 Å². The van der Waals surface area contributed by atoms with Crippen molar-refractivity contribution in [2.45, 2.75) is 13.8 Å². The number of carbonyl (C=O) groups is 2. The first-order valence-corrected chi connectivity index (χ1v) is 8.25. The normalized spacial score (nSPS) is 10.4. The third-order valence-corrected chi connectivity index (χ3v) is 4.23. The van der Waals surface area contributed by atoms with E-state index in [0.29, 0.717) is 16.8 Å². The maximum absolute atomic E-state index is 12.7. The Bertz CT molecular complexity index is 961. The number of hydrogen-bond acceptors (Lipinski definition) is 3. The minimum atomic E-state index is -0.262. The second-order valence-corrected chi connectivity index (χ2v) is 5.95. The summed E-state index contributed by atoms with van der Waals surface area (Å²) in [6.45, 7) is 3.73. The molecule has 26 heavy (non-hydrogen) atoms. The zero-order chi connectivity index (χ0) is 18.7. The van der Waals surface area contributed by atoms with Crippen LogP contribution in [0.2, 0.25) is 0 Å². The highest BCUT2D eigenvalue weighted by Gasteiger charge is 2.16. The number of anilines is 1. The smallest absolute Gasteiger partial charge is 0.259 e. The predicted octanol–water partition coefficient (Wildman–Crippen LogP) is 3.10. The van der Waals surface area contributed by atoms with Crippen LogP contribution in [0, 0.1) is 13.8 Å². The van der Waals surface area contributed by atoms with E-state index in [2.05, 4.69) is 15.7 Å². The van der Waals surface area contributed by atoms with E-state index in [-0.39, 0.29) is 11.8 Å². The van der Waals surface area contributed by atoms with E-state index in [4.69, 9.17) is 0 Å². The number of rotatable bonds is 4. The number of amides is 2. The van der Waals surface area contributed by atoms with Crippen LogP contribution < -0.4 is 10.6 Å². The van der Waals surface area contributed by atoms with Crippen molar-refractivity contribution in [1.29, 1.82) is 0 Å². The standard InChI is InChI=1S/C20H20N4O2/c1-13-9-10-15(19(25)21-3)11-18(13)23-20(26)17-12-22-24(14(17)2)16-7-5-4-6-8-16/h4-12H,1-3H3,(H,21,25)(H,23,26). The van der Waals surface area contributed by atoms with E-state index in [1.54, 1.807) is 36.1 Å². The summed E-state index contributed by atoms with van der Waals surface area (Å²) in [5.41, 5.74) is 4.08. The van der Waals surface area contributed by atoms with Gasteiger partial charge in [-0.2, -0.15) is 5.10 Å². The third-order valence-electron chi connectivity index (χ3n) is 4.23. The van der Waals surface area contributed by atoms with E-state index in [1.807, 2.05) is 44.2 Å². The van der Waals surface area contributed by atoms with Crippen molar-refractivity contribution < 1.29 is 9.59 Å². The number of para-hydroxylation sites is 1. The van der Waals surface area contributed by atoms with Crippen LogP contribution in [0.15, 0.2) is 54.7 Å². The molecular formula is C20H20N4O2. The molecule has 0 unspecified atom stereocenters. The van der Waals surface area contributed by atoms with Gasteiger partial charge in [0.15, 0.2) is 0 Å². The lowest BCUT2D eigenvalue weighted by molar-refractivity contribution is 0.0961. The Hall–Kier alpha value is -3.41. The van der Waals surface area contributed by atoms with Gasteiger partial charge in [-0.3, -0.25) is 9.59 Å². The van der Waals surface area contributed by atoms with Gasteiger partial charge >= 0.3 is 0 Å². The molecule has 6 nitrogen and oxygen atoms in total. The van der Waals surface area contributed by atoms with Gasteiger partial charge in [0, 0.05) is 18.3 Å². The summed E-state index contributed by atoms with van der Waals surface area (Å²) in [4.78, 5) is 24.5. The Kier molecular flexibility index (Phi) is 4.84. The van der Waals surface area contributed by atoms with E-state index >= 15 is 0 Å². The molecule has 0 fully saturated rings. The molecule has 132 valence electrons. The molecule has 0 aliphatic rings. The van der Waals surface area contributed by atoms with Gasteiger partial charge < -0.3 is 10.6 Å². The number of aromatic nitrogens is 2. The van der Waals surface area contributed by atoms with Gasteiger partial charge in [-0.1, -0.05) is 24.3 Å². The lowest BCUT2D eigenvalue weighted by atomic mass is 10.1. The van der Waals surface area contributed by atoms with Gasteiger partial charge in [-0.15, -0.1) is 0 Å². The molecule has 0 radical (unpaired) electrons. The lowest BCUT2D eigenvalue weighted by Crippen LogP contribution is -2.19. The molecule has 0 spiro atoms. The number of nitrogens with zero attached hydrogens (tertiary/aromatic N) is 2. The maximum Gasteiger partial charge on any atom is 0.259 e. The topological polar surface area (TPSA) is 76.0 Å². The Morgan fingerprint density at radius 2 is 1.73 bits per heavy atom. The summed E-state index contributed by atoms with van der Waals surface area (Å²) in [5.74, 6) is -0.463. The molecule has 0 aliphatic carbocycles. The van der Waals surface area contributed by atoms with Crippen molar-refractivity contribution in [3.63, 3.8) is 0 Å². The van der Waals surface area contributed by atoms with Crippen molar-refractivity contribution in [3.05, 3.63) is 77.1 Å². The highest BCUT2D eigenvalue weighted by Crippen LogP contribution is 2.20. The average Bonchev–Trinajstić information content (AvgIpc) is 3.05. The van der Waals surface area contributed by atoms with Gasteiger partial charge in [0.05, 0.1) is 23.1 Å². The van der Waals surface area contributed by atoms with Gasteiger partial charge in [-0.25, -0.2) is 4.68 Å². The third kappa shape index (κ3) is 3.35. The molecule has 0 aliphatic heterocycles. The summed E-state index contributed by atoms with van der Waals surface area (Å²) in [5, 5.41) is 9.78. The fourth-order valence-corrected chi connectivity index (χ4v) is 2.69. The van der Waals surface area contributed by atoms with Crippen LogP contribution in [-0.4, -0.2) is 28.6 Å². The first-order chi connectivity index (χ1) is 12.5. The maximum atomic E-state index is 12.7. The first-order valence-electron chi connectivity index (χ1n) is 8.25. The second kappa shape index (κ2) is 7.23. The van der Waals surface area contributed by atoms with Crippen LogP contribution in [0.3, 0.4) is 0 Å². The van der Waals surface area contributed by atoms with E-state index in [1.165, 1.54) is 0 Å². The van der Waals surface area contributed by atoms with Crippen LogP contribution in [0.25, 0.3) is 5.69 Å². The fraction of sp³-hybridized carbons (Fsp3) is 0.150. The molecule has 3 rings (SSSR count). The Morgan fingerprint density at radius 1 is 1.00 bits per heavy atom. The first kappa shape index (κ1) is 17.4. The Balaban J connectivity index is 1.88. The van der Waals surface area contributed by atoms with Crippen LogP contribution in [0.4, 0.5) is 5.69 Å². The predicted molar refractivity (Wildman–Crippen MR) is 101 cm³/mol. The van der Waals surface area contributed by atoms with Crippen molar-refractivity contribution in [3.8, 4) is 5.69 Å². The molecule has 6 heteroatoms. The van der Waals surface area contributed by atoms with Gasteiger partial charge in [0.1, 0.15) is 0 Å². The summed E-state index contributed by atoms with van der Waals surface area (Å²) in [6, 6.07) is 14.8. The molecule has 0 saturated heterocycles. The molecule has 2 aromatic carbocycles. The fourth-order valence-electron chi connectivity index (χ4n) is 2.69. The van der Waals surface area contributed by atoms with Gasteiger partial charge in [0.2, 0.25) is 0 Å². The summed E-state index contributed by atoms with van der Waals surface area (Å²) < 4.78 is 1.72. The number of aryl methyl sites for hydroxylation is 1. The summed E-state index contributed by atoms with van der Waals surface area (Å²) >= 11 is 0. The molecule has 2 amide bonds. The van der Waals surface area contributed by atoms with E-state index in [9.17, 15) is 9.59 Å². The highest BCUT2D eigenvalue weighted by molar-refractivity contribution is 6.06. The number of nitrogens with one attached hydrogen (secondary N) is 2. The SMILES string of the molecule is CNC(=O)c1ccc(C)c(NC(=O)c2cnn(-c3ccccc3)c2C)c1. The zero-order valence-corrected chi connectivity index (χ0v) is 14.9. The van der Waals surface area contributed by atoms with E-state index < -0.39 is 0 Å². The Morgan fingerprint density at radius 3 is 2.42 bits per heavy atom. The van der Waals surface area contributed by atoms with Crippen molar-refractivity contribution in [2.75, 3.05) is 12.4 Å². The Labute approximate surface area is 151 Å². The van der Waals surface area contributed by atoms with Crippen molar-refractivity contribution in [1.82, 2.24) is 15.1 Å². The molecular weight excluding hydrogens is 328 g/mol. The average molecular weight is 348 g/mol. The molecule has 0 bridgehead atoms. The minimum absolute atomic E-state index is 0.200. The van der Waals surface area contributed by atoms with Gasteiger partial charge in [-0.05, 0) is 43.7 Å². The molecule has 3 aromatic rings. The molecule has 1 aromatic heterocycles. The van der Waals surface area contributed by atoms with Crippen LogP contribution in [0.1, 0.15) is 32.0 Å². The molecule has 0 saturated carbocycles. The quantitative estimate of drug-likeness (QED) is 0.761. The van der Waals surface area contributed by atoms with Crippen molar-refractivity contribution in [2.24, 2.45) is 0 Å². The summed E-state index contributed by atoms with van der Waals surface area (Å²) in [7, 11) is 1.57.